The van der Waals surface area contributed by atoms with Crippen LogP contribution >= 0.6 is 0 Å². The first kappa shape index (κ1) is 21.8. The third kappa shape index (κ3) is 5.38. The van der Waals surface area contributed by atoms with Crippen LogP contribution in [0.25, 0.3) is 0 Å². The Hall–Kier alpha value is -1.90. The van der Waals surface area contributed by atoms with Crippen LogP contribution in [-0.4, -0.2) is 49.2 Å². The molecule has 29 heavy (non-hydrogen) atoms. The molecule has 2 aromatic rings. The molecule has 1 aliphatic rings. The Kier molecular flexibility index (Phi) is 7.32. The summed E-state index contributed by atoms with van der Waals surface area (Å²) >= 11 is 0. The number of aliphatic hydroxyl groups excluding tert-OH is 1. The van der Waals surface area contributed by atoms with Gasteiger partial charge in [0.1, 0.15) is 18.0 Å². The lowest BCUT2D eigenvalue weighted by Crippen LogP contribution is -2.27. The van der Waals surface area contributed by atoms with Gasteiger partial charge in [0.2, 0.25) is 0 Å². The van der Waals surface area contributed by atoms with E-state index >= 15 is 0 Å². The van der Waals surface area contributed by atoms with Gasteiger partial charge in [-0.15, -0.1) is 0 Å². The molecule has 1 saturated heterocycles. The number of rotatable bonds is 10. The molecule has 0 aliphatic carbocycles. The fraction of sp³-hybridized carbons (Fsp3) is 0.545. The zero-order chi connectivity index (χ0) is 20.9. The van der Waals surface area contributed by atoms with Gasteiger partial charge < -0.3 is 33.4 Å². The molecule has 1 N–H and O–H groups in total. The molecule has 1 fully saturated rings. The number of aromatic nitrogens is 1. The molecule has 0 spiro atoms. The van der Waals surface area contributed by atoms with Gasteiger partial charge in [0.25, 0.3) is 0 Å². The Morgan fingerprint density at radius 2 is 1.97 bits per heavy atom. The van der Waals surface area contributed by atoms with E-state index < -0.39 is 5.79 Å². The molecule has 1 aromatic carbocycles. The lowest BCUT2D eigenvalue weighted by atomic mass is 10.0. The number of aryl methyl sites for hydroxylation is 2. The van der Waals surface area contributed by atoms with Crippen LogP contribution in [0.3, 0.4) is 0 Å². The van der Waals surface area contributed by atoms with Crippen LogP contribution < -0.4 is 4.74 Å². The van der Waals surface area contributed by atoms with Gasteiger partial charge in [-0.25, -0.2) is 0 Å². The summed E-state index contributed by atoms with van der Waals surface area (Å²) in [5.74, 6) is 0.155. The van der Waals surface area contributed by atoms with Crippen LogP contribution in [0, 0.1) is 0 Å². The van der Waals surface area contributed by atoms with Crippen molar-refractivity contribution in [3.63, 3.8) is 0 Å². The van der Waals surface area contributed by atoms with E-state index in [1.54, 1.807) is 14.2 Å². The zero-order valence-corrected chi connectivity index (χ0v) is 17.6. The van der Waals surface area contributed by atoms with Gasteiger partial charge in [-0.3, -0.25) is 0 Å². The van der Waals surface area contributed by atoms with E-state index in [-0.39, 0.29) is 25.6 Å². The maximum atomic E-state index is 10.0. The first-order valence-corrected chi connectivity index (χ1v) is 9.81. The summed E-state index contributed by atoms with van der Waals surface area (Å²) in [7, 11) is 3.25. The highest BCUT2D eigenvalue weighted by atomic mass is 16.7. The summed E-state index contributed by atoms with van der Waals surface area (Å²) < 4.78 is 29.8. The predicted molar refractivity (Wildman–Crippen MR) is 108 cm³/mol. The highest BCUT2D eigenvalue weighted by Crippen LogP contribution is 2.34. The van der Waals surface area contributed by atoms with E-state index in [1.165, 1.54) is 5.56 Å². The number of aliphatic hydroxyl groups is 1. The molecule has 3 rings (SSSR count). The van der Waals surface area contributed by atoms with Gasteiger partial charge in [0.05, 0.1) is 13.2 Å². The number of benzene rings is 1. The maximum Gasteiger partial charge on any atom is 0.188 e. The Bertz CT molecular complexity index is 770. The van der Waals surface area contributed by atoms with Crippen molar-refractivity contribution in [2.75, 3.05) is 27.6 Å². The highest BCUT2D eigenvalue weighted by molar-refractivity contribution is 5.28. The van der Waals surface area contributed by atoms with E-state index in [0.29, 0.717) is 6.61 Å². The van der Waals surface area contributed by atoms with Crippen molar-refractivity contribution in [1.82, 2.24) is 4.57 Å². The minimum absolute atomic E-state index is 0.0665. The van der Waals surface area contributed by atoms with E-state index in [2.05, 4.69) is 4.57 Å². The van der Waals surface area contributed by atoms with Crippen LogP contribution in [0.5, 0.6) is 5.75 Å². The summed E-state index contributed by atoms with van der Waals surface area (Å²) in [6, 6.07) is 9.94. The van der Waals surface area contributed by atoms with E-state index in [0.717, 1.165) is 30.0 Å². The first-order valence-electron chi connectivity index (χ1n) is 9.81. The second-order valence-corrected chi connectivity index (χ2v) is 7.54. The minimum atomic E-state index is -0.622. The Morgan fingerprint density at radius 3 is 2.55 bits per heavy atom. The van der Waals surface area contributed by atoms with Crippen molar-refractivity contribution in [3.8, 4) is 5.75 Å². The number of hydrogen-bond donors (Lipinski definition) is 1. The third-order valence-corrected chi connectivity index (χ3v) is 5.10. The largest absolute Gasteiger partial charge is 0.468 e. The Labute approximate surface area is 172 Å². The molecule has 0 bridgehead atoms. The minimum Gasteiger partial charge on any atom is -0.468 e. The summed E-state index contributed by atoms with van der Waals surface area (Å²) in [5, 5.41) is 10.0. The van der Waals surface area contributed by atoms with Crippen LogP contribution in [0.4, 0.5) is 0 Å². The number of methoxy groups -OCH3 is 2. The quantitative estimate of drug-likeness (QED) is 0.613. The number of hydrogen-bond acceptors (Lipinski definition) is 6. The van der Waals surface area contributed by atoms with Crippen molar-refractivity contribution in [1.29, 1.82) is 0 Å². The Balaban J connectivity index is 1.67. The smallest absolute Gasteiger partial charge is 0.188 e. The number of ether oxygens (including phenoxy) is 5. The summed E-state index contributed by atoms with van der Waals surface area (Å²) in [4.78, 5) is 0. The molecule has 7 nitrogen and oxygen atoms in total. The number of nitrogens with zero attached hydrogens (tertiary/aromatic N) is 1. The lowest BCUT2D eigenvalue weighted by Gasteiger charge is -2.24. The summed E-state index contributed by atoms with van der Waals surface area (Å²) in [5.41, 5.74) is 2.96. The summed E-state index contributed by atoms with van der Waals surface area (Å²) in [6.07, 6.45) is 2.32. The lowest BCUT2D eigenvalue weighted by molar-refractivity contribution is -0.154. The van der Waals surface area contributed by atoms with Crippen molar-refractivity contribution in [2.45, 2.75) is 51.4 Å². The molecule has 0 radical (unpaired) electrons. The van der Waals surface area contributed by atoms with Gasteiger partial charge in [-0.1, -0.05) is 12.1 Å². The van der Waals surface area contributed by atoms with Crippen molar-refractivity contribution in [3.05, 3.63) is 53.3 Å². The molecule has 0 amide bonds. The van der Waals surface area contributed by atoms with Gasteiger partial charge in [-0.2, -0.15) is 0 Å². The van der Waals surface area contributed by atoms with Crippen LogP contribution in [0.1, 0.15) is 36.8 Å². The highest BCUT2D eigenvalue weighted by Gasteiger charge is 2.39. The molecule has 2 atom stereocenters. The molecular formula is C22H31NO6. The maximum absolute atomic E-state index is 10.0. The van der Waals surface area contributed by atoms with Gasteiger partial charge in [0, 0.05) is 38.2 Å². The third-order valence-electron chi connectivity index (χ3n) is 5.10. The van der Waals surface area contributed by atoms with Gasteiger partial charge >= 0.3 is 0 Å². The van der Waals surface area contributed by atoms with E-state index in [1.807, 2.05) is 50.4 Å². The van der Waals surface area contributed by atoms with Crippen LogP contribution in [0.15, 0.2) is 36.5 Å². The SMILES string of the molecule is COCOc1ccc(CCn2ccc([C@H](OC)C3COC(C)(C)O3)c2CO)cc1. The average Bonchev–Trinajstić information content (AvgIpc) is 3.29. The first-order chi connectivity index (χ1) is 14.0. The van der Waals surface area contributed by atoms with E-state index in [4.69, 9.17) is 23.7 Å². The fourth-order valence-electron chi connectivity index (χ4n) is 3.65. The zero-order valence-electron chi connectivity index (χ0n) is 17.6. The van der Waals surface area contributed by atoms with Gasteiger partial charge in [0.15, 0.2) is 12.6 Å². The molecule has 1 aromatic heterocycles. The fourth-order valence-corrected chi connectivity index (χ4v) is 3.65. The monoisotopic (exact) mass is 405 g/mol. The van der Waals surface area contributed by atoms with Crippen LogP contribution in [-0.2, 0) is 38.5 Å². The normalized spacial score (nSPS) is 19.4. The molecule has 1 unspecified atom stereocenters. The standard InChI is InChI=1S/C22H31NO6/c1-22(2)28-14-20(29-22)21(26-4)18-10-12-23(19(18)13-24)11-9-16-5-7-17(8-6-16)27-15-25-3/h5-8,10,12,20-21,24H,9,11,13-15H2,1-4H3/t20?,21-/m0/s1. The van der Waals surface area contributed by atoms with Crippen LogP contribution in [0.2, 0.25) is 0 Å². The average molecular weight is 405 g/mol. The second kappa shape index (κ2) is 9.73. The van der Waals surface area contributed by atoms with E-state index in [9.17, 15) is 5.11 Å². The molecule has 160 valence electrons. The molecular weight excluding hydrogens is 374 g/mol. The van der Waals surface area contributed by atoms with Crippen molar-refractivity contribution < 1.29 is 28.8 Å². The van der Waals surface area contributed by atoms with Gasteiger partial charge in [-0.05, 0) is 44.0 Å². The Morgan fingerprint density at radius 1 is 1.21 bits per heavy atom. The molecule has 7 heteroatoms. The molecule has 1 aliphatic heterocycles. The molecule has 2 heterocycles. The summed E-state index contributed by atoms with van der Waals surface area (Å²) in [6.45, 7) is 5.16. The van der Waals surface area contributed by atoms with Crippen molar-refractivity contribution >= 4 is 0 Å². The second-order valence-electron chi connectivity index (χ2n) is 7.54. The topological polar surface area (TPSA) is 71.3 Å². The molecule has 0 saturated carbocycles. The predicted octanol–water partition coefficient (Wildman–Crippen LogP) is 3.04. The van der Waals surface area contributed by atoms with Crippen molar-refractivity contribution in [2.24, 2.45) is 0 Å².